The Kier molecular flexibility index (Phi) is 5.35. The molecule has 0 atom stereocenters. The average Bonchev–Trinajstić information content (AvgIpc) is 3.13. The number of carbonyl (C=O) groups is 2. The number of aryl methyl sites for hydroxylation is 1. The zero-order valence-corrected chi connectivity index (χ0v) is 14.7. The first-order valence-electron chi connectivity index (χ1n) is 8.12. The number of nitrogens with zero attached hydrogens (tertiary/aromatic N) is 1. The van der Waals surface area contributed by atoms with Crippen LogP contribution in [0.3, 0.4) is 0 Å². The fourth-order valence-electron chi connectivity index (χ4n) is 2.38. The summed E-state index contributed by atoms with van der Waals surface area (Å²) in [6.07, 6.45) is 1.35. The zero-order valence-electron chi connectivity index (χ0n) is 14.7. The predicted octanol–water partition coefficient (Wildman–Crippen LogP) is 3.36. The summed E-state index contributed by atoms with van der Waals surface area (Å²) in [5.74, 6) is -0.429. The molecule has 0 radical (unpaired) electrons. The molecule has 0 saturated heterocycles. The molecule has 0 aliphatic rings. The first-order chi connectivity index (χ1) is 13.5. The van der Waals surface area contributed by atoms with E-state index in [1.807, 2.05) is 0 Å². The van der Waals surface area contributed by atoms with Crippen molar-refractivity contribution in [2.45, 2.75) is 6.92 Å². The highest BCUT2D eigenvalue weighted by molar-refractivity contribution is 6.01. The Bertz CT molecular complexity index is 1030. The van der Waals surface area contributed by atoms with Gasteiger partial charge in [0.15, 0.2) is 0 Å². The van der Waals surface area contributed by atoms with Crippen LogP contribution in [-0.2, 0) is 0 Å². The van der Waals surface area contributed by atoms with Gasteiger partial charge in [-0.1, -0.05) is 18.2 Å². The fourth-order valence-corrected chi connectivity index (χ4v) is 2.38. The van der Waals surface area contributed by atoms with Gasteiger partial charge >= 0.3 is 0 Å². The second-order valence-electron chi connectivity index (χ2n) is 5.65. The van der Waals surface area contributed by atoms with Crippen molar-refractivity contribution >= 4 is 17.5 Å². The van der Waals surface area contributed by atoms with Gasteiger partial charge in [-0.3, -0.25) is 30.6 Å². The van der Waals surface area contributed by atoms with E-state index in [0.717, 1.165) is 6.07 Å². The molecule has 0 bridgehead atoms. The molecule has 142 valence electrons. The van der Waals surface area contributed by atoms with E-state index in [-0.39, 0.29) is 22.6 Å². The Morgan fingerprint density at radius 3 is 2.29 bits per heavy atom. The molecule has 1 aromatic heterocycles. The van der Waals surface area contributed by atoms with Crippen LogP contribution in [0.5, 0.6) is 11.5 Å². The second-order valence-corrected chi connectivity index (χ2v) is 5.65. The third-order valence-electron chi connectivity index (χ3n) is 3.78. The van der Waals surface area contributed by atoms with Crippen LogP contribution in [0.15, 0.2) is 65.3 Å². The standard InChI is InChI=1S/C19H15N3O6/c1-12-15(9-10-27-12)18(23)20-21-19(24)16-11-13(22(25)26)7-8-17(16)28-14-5-3-2-4-6-14/h2-11H,1H3,(H,20,23)(H,21,24). The lowest BCUT2D eigenvalue weighted by molar-refractivity contribution is -0.384. The molecule has 0 unspecified atom stereocenters. The van der Waals surface area contributed by atoms with E-state index in [9.17, 15) is 19.7 Å². The van der Waals surface area contributed by atoms with Gasteiger partial charge in [0.05, 0.1) is 22.3 Å². The van der Waals surface area contributed by atoms with E-state index < -0.39 is 16.7 Å². The van der Waals surface area contributed by atoms with Crippen LogP contribution in [-0.4, -0.2) is 16.7 Å². The lowest BCUT2D eigenvalue weighted by Gasteiger charge is -2.12. The highest BCUT2D eigenvalue weighted by Gasteiger charge is 2.20. The normalized spacial score (nSPS) is 10.2. The van der Waals surface area contributed by atoms with Gasteiger partial charge in [0.2, 0.25) is 0 Å². The average molecular weight is 381 g/mol. The SMILES string of the molecule is Cc1occc1C(=O)NNC(=O)c1cc([N+](=O)[O-])ccc1Oc1ccccc1. The van der Waals surface area contributed by atoms with Crippen molar-refractivity contribution in [1.82, 2.24) is 10.9 Å². The van der Waals surface area contributed by atoms with E-state index >= 15 is 0 Å². The maximum absolute atomic E-state index is 12.5. The van der Waals surface area contributed by atoms with Crippen LogP contribution >= 0.6 is 0 Å². The van der Waals surface area contributed by atoms with Gasteiger partial charge in [0.1, 0.15) is 17.3 Å². The van der Waals surface area contributed by atoms with Crippen LogP contribution in [0, 0.1) is 17.0 Å². The molecule has 9 heteroatoms. The third-order valence-corrected chi connectivity index (χ3v) is 3.78. The van der Waals surface area contributed by atoms with Gasteiger partial charge in [-0.15, -0.1) is 0 Å². The quantitative estimate of drug-likeness (QED) is 0.516. The molecule has 2 N–H and O–H groups in total. The van der Waals surface area contributed by atoms with Gasteiger partial charge in [-0.25, -0.2) is 0 Å². The van der Waals surface area contributed by atoms with Crippen molar-refractivity contribution in [3.05, 3.63) is 87.9 Å². The molecular weight excluding hydrogens is 366 g/mol. The topological polar surface area (TPSA) is 124 Å². The number of hydrazine groups is 1. The van der Waals surface area contributed by atoms with E-state index in [1.54, 1.807) is 37.3 Å². The van der Waals surface area contributed by atoms with Crippen molar-refractivity contribution in [1.29, 1.82) is 0 Å². The molecule has 9 nitrogen and oxygen atoms in total. The Balaban J connectivity index is 1.82. The Hall–Kier alpha value is -4.14. The maximum Gasteiger partial charge on any atom is 0.273 e. The van der Waals surface area contributed by atoms with Crippen molar-refractivity contribution in [3.8, 4) is 11.5 Å². The number of hydrogen-bond acceptors (Lipinski definition) is 6. The molecule has 2 aromatic carbocycles. The minimum absolute atomic E-state index is 0.100. The first-order valence-corrected chi connectivity index (χ1v) is 8.12. The third kappa shape index (κ3) is 4.15. The van der Waals surface area contributed by atoms with Gasteiger partial charge in [0, 0.05) is 12.1 Å². The summed E-state index contributed by atoms with van der Waals surface area (Å²) in [7, 11) is 0. The van der Waals surface area contributed by atoms with E-state index in [2.05, 4.69) is 10.9 Å². The van der Waals surface area contributed by atoms with E-state index in [0.29, 0.717) is 11.5 Å². The summed E-state index contributed by atoms with van der Waals surface area (Å²) in [6, 6.07) is 13.7. The summed E-state index contributed by atoms with van der Waals surface area (Å²) in [4.78, 5) is 35.1. The van der Waals surface area contributed by atoms with Crippen molar-refractivity contribution in [2.24, 2.45) is 0 Å². The fraction of sp³-hybridized carbons (Fsp3) is 0.0526. The minimum atomic E-state index is -0.774. The molecule has 1 heterocycles. The number of rotatable bonds is 5. The Morgan fingerprint density at radius 2 is 1.68 bits per heavy atom. The Morgan fingerprint density at radius 1 is 1.00 bits per heavy atom. The zero-order chi connectivity index (χ0) is 20.1. The number of ether oxygens (including phenoxy) is 1. The van der Waals surface area contributed by atoms with Crippen molar-refractivity contribution in [2.75, 3.05) is 0 Å². The number of hydrogen-bond donors (Lipinski definition) is 2. The van der Waals surface area contributed by atoms with Crippen LogP contribution in [0.2, 0.25) is 0 Å². The number of furan rings is 1. The number of nitro benzene ring substituents is 1. The van der Waals surface area contributed by atoms with Crippen LogP contribution in [0.1, 0.15) is 26.5 Å². The van der Waals surface area contributed by atoms with Gasteiger partial charge < -0.3 is 9.15 Å². The molecule has 3 aromatic rings. The minimum Gasteiger partial charge on any atom is -0.469 e. The molecule has 0 saturated carbocycles. The van der Waals surface area contributed by atoms with Crippen LogP contribution in [0.25, 0.3) is 0 Å². The summed E-state index contributed by atoms with van der Waals surface area (Å²) in [5.41, 5.74) is 4.32. The summed E-state index contributed by atoms with van der Waals surface area (Å²) in [6.45, 7) is 1.60. The lowest BCUT2D eigenvalue weighted by Crippen LogP contribution is -2.41. The number of non-ortho nitro benzene ring substituents is 1. The highest BCUT2D eigenvalue weighted by atomic mass is 16.6. The summed E-state index contributed by atoms with van der Waals surface area (Å²) < 4.78 is 10.7. The number of para-hydroxylation sites is 1. The molecule has 2 amide bonds. The number of carbonyl (C=O) groups excluding carboxylic acids is 2. The first kappa shape index (κ1) is 18.6. The van der Waals surface area contributed by atoms with Gasteiger partial charge in [-0.05, 0) is 31.2 Å². The smallest absolute Gasteiger partial charge is 0.273 e. The van der Waals surface area contributed by atoms with Crippen molar-refractivity contribution in [3.63, 3.8) is 0 Å². The van der Waals surface area contributed by atoms with E-state index in [4.69, 9.17) is 9.15 Å². The molecule has 0 fully saturated rings. The molecular formula is C19H15N3O6. The molecule has 0 spiro atoms. The molecule has 0 aliphatic heterocycles. The molecule has 3 rings (SSSR count). The van der Waals surface area contributed by atoms with E-state index in [1.165, 1.54) is 24.5 Å². The molecule has 0 aliphatic carbocycles. The molecule has 28 heavy (non-hydrogen) atoms. The van der Waals surface area contributed by atoms with Crippen molar-refractivity contribution < 1.29 is 23.7 Å². The summed E-state index contributed by atoms with van der Waals surface area (Å²) >= 11 is 0. The monoisotopic (exact) mass is 381 g/mol. The highest BCUT2D eigenvalue weighted by Crippen LogP contribution is 2.28. The summed E-state index contributed by atoms with van der Waals surface area (Å²) in [5, 5.41) is 11.1. The van der Waals surface area contributed by atoms with Crippen LogP contribution in [0.4, 0.5) is 5.69 Å². The number of nitrogens with one attached hydrogen (secondary N) is 2. The Labute approximate surface area is 159 Å². The predicted molar refractivity (Wildman–Crippen MR) is 98.0 cm³/mol. The number of benzene rings is 2. The number of nitro groups is 1. The largest absolute Gasteiger partial charge is 0.469 e. The second kappa shape index (κ2) is 8.04. The van der Waals surface area contributed by atoms with Gasteiger partial charge in [-0.2, -0.15) is 0 Å². The van der Waals surface area contributed by atoms with Crippen LogP contribution < -0.4 is 15.6 Å². The lowest BCUT2D eigenvalue weighted by atomic mass is 10.1. The van der Waals surface area contributed by atoms with Gasteiger partial charge in [0.25, 0.3) is 17.5 Å². The maximum atomic E-state index is 12.5. The number of amides is 2.